The normalized spacial score (nSPS) is 19.3. The maximum Gasteiger partial charge on any atom is 0.231 e. The second kappa shape index (κ2) is 7.33. The largest absolute Gasteiger partial charge is 0.454 e. The molecule has 26 heavy (non-hydrogen) atoms. The van der Waals surface area contributed by atoms with Crippen LogP contribution in [-0.2, 0) is 11.3 Å². The van der Waals surface area contributed by atoms with Gasteiger partial charge in [0, 0.05) is 24.8 Å². The molecular weight excluding hydrogens is 335 g/mol. The molecule has 1 fully saturated rings. The summed E-state index contributed by atoms with van der Waals surface area (Å²) >= 11 is 0. The molecule has 6 heteroatoms. The Balaban J connectivity index is 1.36. The first-order chi connectivity index (χ1) is 12.7. The van der Waals surface area contributed by atoms with Crippen LogP contribution in [0.3, 0.4) is 0 Å². The highest BCUT2D eigenvalue weighted by Gasteiger charge is 2.26. The number of carbonyl (C=O) groups is 1. The smallest absolute Gasteiger partial charge is 0.231 e. The van der Waals surface area contributed by atoms with Gasteiger partial charge in [0.2, 0.25) is 12.7 Å². The predicted molar refractivity (Wildman–Crippen MR) is 95.6 cm³/mol. The lowest BCUT2D eigenvalue weighted by atomic mass is 9.96. The fourth-order valence-corrected chi connectivity index (χ4v) is 3.48. The molecule has 0 aromatic heterocycles. The minimum Gasteiger partial charge on any atom is -0.454 e. The van der Waals surface area contributed by atoms with Crippen molar-refractivity contribution in [1.29, 1.82) is 0 Å². The Bertz CT molecular complexity index is 794. The predicted octanol–water partition coefficient (Wildman–Crippen LogP) is 3.41. The van der Waals surface area contributed by atoms with Crippen molar-refractivity contribution in [2.45, 2.75) is 19.4 Å². The number of fused-ring (bicyclic) bond motifs is 1. The van der Waals surface area contributed by atoms with Gasteiger partial charge in [-0.25, -0.2) is 4.39 Å². The van der Waals surface area contributed by atoms with E-state index >= 15 is 0 Å². The molecule has 0 radical (unpaired) electrons. The summed E-state index contributed by atoms with van der Waals surface area (Å²) in [4.78, 5) is 14.9. The Morgan fingerprint density at radius 1 is 1.15 bits per heavy atom. The van der Waals surface area contributed by atoms with Gasteiger partial charge >= 0.3 is 0 Å². The first kappa shape index (κ1) is 16.8. The molecule has 1 amide bonds. The lowest BCUT2D eigenvalue weighted by molar-refractivity contribution is -0.121. The number of rotatable bonds is 4. The van der Waals surface area contributed by atoms with Gasteiger partial charge in [0.15, 0.2) is 11.5 Å². The van der Waals surface area contributed by atoms with Crippen molar-refractivity contribution in [1.82, 2.24) is 4.90 Å². The van der Waals surface area contributed by atoms with E-state index in [0.717, 1.165) is 37.2 Å². The molecule has 1 N–H and O–H groups in total. The van der Waals surface area contributed by atoms with E-state index in [9.17, 15) is 9.18 Å². The Morgan fingerprint density at radius 2 is 1.96 bits per heavy atom. The molecule has 2 aliphatic rings. The fraction of sp³-hybridized carbons (Fsp3) is 0.350. The molecule has 1 atom stereocenters. The molecule has 2 aromatic carbocycles. The zero-order chi connectivity index (χ0) is 17.9. The summed E-state index contributed by atoms with van der Waals surface area (Å²) in [6.45, 7) is 2.60. The number of nitrogens with one attached hydrogen (secondary N) is 1. The monoisotopic (exact) mass is 356 g/mol. The number of amides is 1. The first-order valence-electron chi connectivity index (χ1n) is 8.85. The topological polar surface area (TPSA) is 50.8 Å². The summed E-state index contributed by atoms with van der Waals surface area (Å²) in [5, 5.41) is 2.98. The summed E-state index contributed by atoms with van der Waals surface area (Å²) in [6.07, 6.45) is 1.84. The van der Waals surface area contributed by atoms with E-state index in [1.807, 2.05) is 6.07 Å². The van der Waals surface area contributed by atoms with Gasteiger partial charge in [-0.3, -0.25) is 9.69 Å². The number of likely N-dealkylation sites (tertiary alicyclic amines) is 1. The quantitative estimate of drug-likeness (QED) is 0.912. The van der Waals surface area contributed by atoms with Gasteiger partial charge < -0.3 is 14.8 Å². The highest BCUT2D eigenvalue weighted by Crippen LogP contribution is 2.34. The third-order valence-electron chi connectivity index (χ3n) is 4.84. The SMILES string of the molecule is O=C(Nc1ccc2c(c1)OCO2)[C@@H]1CCCN(Cc2ccc(F)cc2)C1. The number of carbonyl (C=O) groups excluding carboxylic acids is 1. The Hall–Kier alpha value is -2.60. The molecule has 136 valence electrons. The summed E-state index contributed by atoms with van der Waals surface area (Å²) in [6, 6.07) is 12.0. The van der Waals surface area contributed by atoms with Gasteiger partial charge in [0.05, 0.1) is 5.92 Å². The highest BCUT2D eigenvalue weighted by molar-refractivity contribution is 5.93. The second-order valence-electron chi connectivity index (χ2n) is 6.76. The molecular formula is C20H21FN2O3. The van der Waals surface area contributed by atoms with E-state index in [1.54, 1.807) is 24.3 Å². The Morgan fingerprint density at radius 3 is 2.81 bits per heavy atom. The molecule has 0 saturated carbocycles. The van der Waals surface area contributed by atoms with Gasteiger partial charge in [-0.15, -0.1) is 0 Å². The van der Waals surface area contributed by atoms with Crippen LogP contribution in [0, 0.1) is 11.7 Å². The van der Waals surface area contributed by atoms with Crippen molar-refractivity contribution in [2.75, 3.05) is 25.2 Å². The van der Waals surface area contributed by atoms with E-state index in [2.05, 4.69) is 10.2 Å². The number of halogens is 1. The summed E-state index contributed by atoms with van der Waals surface area (Å²) in [5.74, 6) is 1.09. The van der Waals surface area contributed by atoms with Crippen molar-refractivity contribution in [3.05, 3.63) is 53.8 Å². The van der Waals surface area contributed by atoms with Crippen molar-refractivity contribution in [3.63, 3.8) is 0 Å². The lowest BCUT2D eigenvalue weighted by Gasteiger charge is -2.32. The first-order valence-corrected chi connectivity index (χ1v) is 8.85. The number of anilines is 1. The Kier molecular flexibility index (Phi) is 4.75. The number of piperidine rings is 1. The average molecular weight is 356 g/mol. The minimum atomic E-state index is -0.228. The number of hydrogen-bond acceptors (Lipinski definition) is 4. The molecule has 1 saturated heterocycles. The zero-order valence-corrected chi connectivity index (χ0v) is 14.4. The molecule has 0 aliphatic carbocycles. The van der Waals surface area contributed by atoms with E-state index in [-0.39, 0.29) is 24.4 Å². The van der Waals surface area contributed by atoms with Crippen molar-refractivity contribution < 1.29 is 18.7 Å². The number of benzene rings is 2. The highest BCUT2D eigenvalue weighted by atomic mass is 19.1. The third-order valence-corrected chi connectivity index (χ3v) is 4.84. The summed E-state index contributed by atoms with van der Waals surface area (Å²) in [5.41, 5.74) is 1.78. The van der Waals surface area contributed by atoms with Crippen LogP contribution >= 0.6 is 0 Å². The molecule has 0 unspecified atom stereocenters. The van der Waals surface area contributed by atoms with E-state index < -0.39 is 0 Å². The lowest BCUT2D eigenvalue weighted by Crippen LogP contribution is -2.40. The van der Waals surface area contributed by atoms with Crippen LogP contribution in [0.15, 0.2) is 42.5 Å². The average Bonchev–Trinajstić information content (AvgIpc) is 3.12. The number of ether oxygens (including phenoxy) is 2. The molecule has 0 bridgehead atoms. The maximum atomic E-state index is 13.0. The molecule has 0 spiro atoms. The van der Waals surface area contributed by atoms with Crippen LogP contribution in [-0.4, -0.2) is 30.7 Å². The standard InChI is InChI=1S/C20H21FN2O3/c21-16-5-3-14(4-6-16)11-23-9-1-2-15(12-23)20(24)22-17-7-8-18-19(10-17)26-13-25-18/h3-8,10,15H,1-2,9,11-13H2,(H,22,24)/t15-/m1/s1. The van der Waals surface area contributed by atoms with Crippen molar-refractivity contribution in [3.8, 4) is 11.5 Å². The van der Waals surface area contributed by atoms with Crippen LogP contribution in [0.25, 0.3) is 0 Å². The van der Waals surface area contributed by atoms with Gasteiger partial charge in [0.1, 0.15) is 5.82 Å². The van der Waals surface area contributed by atoms with E-state index in [4.69, 9.17) is 9.47 Å². The second-order valence-corrected chi connectivity index (χ2v) is 6.76. The molecule has 2 heterocycles. The zero-order valence-electron chi connectivity index (χ0n) is 14.4. The van der Waals surface area contributed by atoms with Gasteiger partial charge in [-0.2, -0.15) is 0 Å². The maximum absolute atomic E-state index is 13.0. The van der Waals surface area contributed by atoms with E-state index in [0.29, 0.717) is 18.0 Å². The van der Waals surface area contributed by atoms with Gasteiger partial charge in [-0.1, -0.05) is 12.1 Å². The van der Waals surface area contributed by atoms with Crippen LogP contribution < -0.4 is 14.8 Å². The molecule has 5 nitrogen and oxygen atoms in total. The minimum absolute atomic E-state index is 0.0210. The van der Waals surface area contributed by atoms with Crippen LogP contribution in [0.5, 0.6) is 11.5 Å². The third kappa shape index (κ3) is 3.80. The van der Waals surface area contributed by atoms with Crippen LogP contribution in [0.2, 0.25) is 0 Å². The van der Waals surface area contributed by atoms with E-state index in [1.165, 1.54) is 12.1 Å². The van der Waals surface area contributed by atoms with Crippen LogP contribution in [0.1, 0.15) is 18.4 Å². The van der Waals surface area contributed by atoms with Crippen molar-refractivity contribution >= 4 is 11.6 Å². The number of hydrogen-bond donors (Lipinski definition) is 1. The van der Waals surface area contributed by atoms with Crippen molar-refractivity contribution in [2.24, 2.45) is 5.92 Å². The van der Waals surface area contributed by atoms with Crippen LogP contribution in [0.4, 0.5) is 10.1 Å². The molecule has 2 aromatic rings. The number of nitrogens with zero attached hydrogens (tertiary/aromatic N) is 1. The summed E-state index contributed by atoms with van der Waals surface area (Å²) in [7, 11) is 0. The van der Waals surface area contributed by atoms with Gasteiger partial charge in [-0.05, 0) is 49.2 Å². The fourth-order valence-electron chi connectivity index (χ4n) is 3.48. The Labute approximate surface area is 151 Å². The van der Waals surface area contributed by atoms with Gasteiger partial charge in [0.25, 0.3) is 0 Å². The summed E-state index contributed by atoms with van der Waals surface area (Å²) < 4.78 is 23.7. The molecule has 2 aliphatic heterocycles. The molecule has 4 rings (SSSR count).